The zero-order chi connectivity index (χ0) is 25.5. The molecular formula is C25H35F3N2O2SSi. The summed E-state index contributed by atoms with van der Waals surface area (Å²) in [6, 6.07) is 6.12. The topological polar surface area (TPSA) is 41.9 Å². The van der Waals surface area contributed by atoms with E-state index in [0.29, 0.717) is 40.0 Å². The quantitative estimate of drug-likeness (QED) is 0.289. The number of carbonyl (C=O) groups excluding carboxylic acids is 1. The van der Waals surface area contributed by atoms with Gasteiger partial charge in [-0.25, -0.2) is 9.18 Å². The second-order valence-electron chi connectivity index (χ2n) is 10.2. The minimum Gasteiger partial charge on any atom is -0.274 e. The highest BCUT2D eigenvalue weighted by Crippen LogP contribution is 2.68. The number of nitrogens with zero attached hydrogens (tertiary/aromatic N) is 2. The molecule has 1 fully saturated rings. The number of carbonyl (C=O) groups is 1. The van der Waals surface area contributed by atoms with Crippen LogP contribution in [0.2, 0.25) is 16.6 Å². The first kappa shape index (κ1) is 26.8. The van der Waals surface area contributed by atoms with Crippen molar-refractivity contribution in [1.82, 2.24) is 4.31 Å². The first-order valence-corrected chi connectivity index (χ1v) is 15.6. The number of hydrogen-bond donors (Lipinski definition) is 0. The Balaban J connectivity index is 2.05. The molecule has 0 spiro atoms. The molecule has 188 valence electrons. The molecule has 2 heterocycles. The van der Waals surface area contributed by atoms with Crippen LogP contribution < -0.4 is 0 Å². The SMILES string of the molecule is CC1CC(CC#C[Si](C(C)C)(C(C)C)C(C)C)N(S2(OC(F)(F)F)C=Nc3ccccc32)C1=O. The molecule has 3 rings (SSSR count). The van der Waals surface area contributed by atoms with Gasteiger partial charge in [-0.2, -0.15) is 0 Å². The predicted octanol–water partition coefficient (Wildman–Crippen LogP) is 7.74. The van der Waals surface area contributed by atoms with Crippen molar-refractivity contribution in [2.45, 2.75) is 95.2 Å². The summed E-state index contributed by atoms with van der Waals surface area (Å²) in [5.41, 5.74) is 6.59. The van der Waals surface area contributed by atoms with E-state index in [9.17, 15) is 18.0 Å². The molecule has 34 heavy (non-hydrogen) atoms. The van der Waals surface area contributed by atoms with Gasteiger partial charge >= 0.3 is 6.36 Å². The standard InChI is InChI=1S/C25H35F3N2O2SSi/c1-17(2)34(18(3)4,19(5)6)14-10-11-21-15-20(7)24(31)30(21)33(32-25(26,27)28)16-29-22-12-8-9-13-23(22)33/h8-9,12-13,16-21H,11,15H2,1-7H3. The van der Waals surface area contributed by atoms with Crippen molar-refractivity contribution < 1.29 is 22.1 Å². The molecule has 0 radical (unpaired) electrons. The summed E-state index contributed by atoms with van der Waals surface area (Å²) in [4.78, 5) is 17.8. The summed E-state index contributed by atoms with van der Waals surface area (Å²) in [5, 5.41) is 0. The fourth-order valence-corrected chi connectivity index (χ4v) is 13.9. The minimum atomic E-state index is -4.92. The number of fused-ring (bicyclic) bond motifs is 1. The third kappa shape index (κ3) is 4.69. The van der Waals surface area contributed by atoms with Crippen molar-refractivity contribution in [1.29, 1.82) is 0 Å². The van der Waals surface area contributed by atoms with Gasteiger partial charge in [0.25, 0.3) is 0 Å². The number of alkyl halides is 3. The number of aliphatic imine (C=N–C) groups is 1. The lowest BCUT2D eigenvalue weighted by molar-refractivity contribution is -0.270. The zero-order valence-corrected chi connectivity index (χ0v) is 22.8. The summed E-state index contributed by atoms with van der Waals surface area (Å²) in [6.45, 7) is 15.1. The molecule has 2 aliphatic rings. The molecule has 0 bridgehead atoms. The number of halogens is 3. The molecule has 1 amide bonds. The van der Waals surface area contributed by atoms with Crippen molar-refractivity contribution in [3.8, 4) is 11.5 Å². The Morgan fingerprint density at radius 3 is 2.29 bits per heavy atom. The molecule has 0 N–H and O–H groups in total. The summed E-state index contributed by atoms with van der Waals surface area (Å²) >= 11 is 0. The van der Waals surface area contributed by atoms with E-state index in [2.05, 4.69) is 58.0 Å². The van der Waals surface area contributed by atoms with Crippen LogP contribution in [0.3, 0.4) is 0 Å². The van der Waals surface area contributed by atoms with E-state index in [1.165, 1.54) is 9.85 Å². The lowest BCUT2D eigenvalue weighted by Gasteiger charge is -2.44. The molecule has 0 saturated carbocycles. The van der Waals surface area contributed by atoms with E-state index in [1.54, 1.807) is 31.2 Å². The van der Waals surface area contributed by atoms with Gasteiger partial charge in [-0.05, 0) is 35.2 Å². The molecular weight excluding hydrogens is 477 g/mol. The highest BCUT2D eigenvalue weighted by molar-refractivity contribution is 8.39. The van der Waals surface area contributed by atoms with E-state index < -0.39 is 36.9 Å². The third-order valence-electron chi connectivity index (χ3n) is 7.13. The number of amides is 1. The van der Waals surface area contributed by atoms with Crippen molar-refractivity contribution in [3.05, 3.63) is 24.3 Å². The van der Waals surface area contributed by atoms with Gasteiger partial charge < -0.3 is 0 Å². The Hall–Kier alpha value is -1.76. The molecule has 1 aromatic carbocycles. The summed E-state index contributed by atoms with van der Waals surface area (Å²) in [6.07, 6.45) is -4.15. The van der Waals surface area contributed by atoms with Crippen molar-refractivity contribution in [2.75, 3.05) is 0 Å². The maximum atomic E-state index is 13.7. The van der Waals surface area contributed by atoms with E-state index in [4.69, 9.17) is 4.18 Å². The highest BCUT2D eigenvalue weighted by atomic mass is 32.3. The second-order valence-corrected chi connectivity index (χ2v) is 18.1. The number of rotatable bonds is 6. The number of hydrogen-bond acceptors (Lipinski definition) is 3. The predicted molar refractivity (Wildman–Crippen MR) is 135 cm³/mol. The smallest absolute Gasteiger partial charge is 0.274 e. The van der Waals surface area contributed by atoms with Crippen LogP contribution in [0.4, 0.5) is 18.9 Å². The molecule has 9 heteroatoms. The van der Waals surface area contributed by atoms with E-state index >= 15 is 0 Å². The highest BCUT2D eigenvalue weighted by Gasteiger charge is 2.54. The lowest BCUT2D eigenvalue weighted by atomic mass is 10.1. The van der Waals surface area contributed by atoms with Crippen LogP contribution in [-0.4, -0.2) is 36.2 Å². The first-order valence-electron chi connectivity index (χ1n) is 11.8. The van der Waals surface area contributed by atoms with E-state index in [1.807, 2.05) is 0 Å². The average molecular weight is 513 g/mol. The maximum Gasteiger partial charge on any atom is 0.534 e. The second kappa shape index (κ2) is 9.71. The summed E-state index contributed by atoms with van der Waals surface area (Å²) in [7, 11) is -5.29. The zero-order valence-electron chi connectivity index (χ0n) is 20.9. The summed E-state index contributed by atoms with van der Waals surface area (Å²) in [5.74, 6) is 2.62. The molecule has 2 aliphatic heterocycles. The fourth-order valence-electron chi connectivity index (χ4n) is 5.68. The van der Waals surface area contributed by atoms with Gasteiger partial charge in [0.15, 0.2) is 0 Å². The van der Waals surface area contributed by atoms with Gasteiger partial charge in [-0.1, -0.05) is 60.6 Å². The van der Waals surface area contributed by atoms with Crippen molar-refractivity contribution in [3.63, 3.8) is 0 Å². The van der Waals surface area contributed by atoms with Crippen LogP contribution in [0, 0.1) is 17.4 Å². The maximum absolute atomic E-state index is 13.7. The molecule has 1 saturated heterocycles. The first-order chi connectivity index (χ1) is 15.8. The molecule has 0 aliphatic carbocycles. The van der Waals surface area contributed by atoms with Crippen molar-refractivity contribution in [2.24, 2.45) is 10.9 Å². The van der Waals surface area contributed by atoms with Gasteiger partial charge in [0.1, 0.15) is 8.07 Å². The molecule has 0 aromatic heterocycles. The minimum absolute atomic E-state index is 0.308. The Kier molecular flexibility index (Phi) is 7.66. The molecule has 4 nitrogen and oxygen atoms in total. The van der Waals surface area contributed by atoms with Crippen LogP contribution >= 0.6 is 10.5 Å². The molecule has 3 unspecified atom stereocenters. The third-order valence-corrected chi connectivity index (χ3v) is 16.3. The van der Waals surface area contributed by atoms with Gasteiger partial charge in [0.05, 0.1) is 22.2 Å². The lowest BCUT2D eigenvalue weighted by Crippen LogP contribution is -2.43. The normalized spacial score (nSPS) is 26.7. The monoisotopic (exact) mass is 512 g/mol. The van der Waals surface area contributed by atoms with Gasteiger partial charge in [-0.3, -0.25) is 9.10 Å². The Labute approximate surface area is 204 Å². The fraction of sp³-hybridized carbons (Fsp3) is 0.600. The Bertz CT molecular complexity index is 994. The Morgan fingerprint density at radius 1 is 1.15 bits per heavy atom. The number of para-hydroxylation sites is 1. The van der Waals surface area contributed by atoms with Crippen molar-refractivity contribution >= 4 is 35.7 Å². The van der Waals surface area contributed by atoms with Crippen LogP contribution in [0.5, 0.6) is 0 Å². The summed E-state index contributed by atoms with van der Waals surface area (Å²) < 4.78 is 47.2. The Morgan fingerprint density at radius 2 is 1.74 bits per heavy atom. The van der Waals surface area contributed by atoms with Crippen LogP contribution in [-0.2, 0) is 8.98 Å². The number of benzene rings is 1. The van der Waals surface area contributed by atoms with E-state index in [-0.39, 0.29) is 5.91 Å². The molecule has 1 aromatic rings. The van der Waals surface area contributed by atoms with Crippen LogP contribution in [0.15, 0.2) is 34.2 Å². The van der Waals surface area contributed by atoms with Gasteiger partial charge in [-0.15, -0.1) is 24.6 Å². The van der Waals surface area contributed by atoms with Crippen LogP contribution in [0.1, 0.15) is 61.3 Å². The largest absolute Gasteiger partial charge is 0.534 e. The van der Waals surface area contributed by atoms with Crippen LogP contribution in [0.25, 0.3) is 0 Å². The van der Waals surface area contributed by atoms with E-state index in [0.717, 1.165) is 0 Å². The average Bonchev–Trinajstić information content (AvgIpc) is 3.21. The molecule has 3 atom stereocenters. The van der Waals surface area contributed by atoms with Gasteiger partial charge in [0, 0.05) is 22.8 Å². The van der Waals surface area contributed by atoms with Gasteiger partial charge in [0.2, 0.25) is 5.91 Å².